The van der Waals surface area contributed by atoms with Crippen LogP contribution in [0.3, 0.4) is 0 Å². The zero-order chi connectivity index (χ0) is 15.1. The van der Waals surface area contributed by atoms with E-state index in [0.717, 1.165) is 24.0 Å². The zero-order valence-electron chi connectivity index (χ0n) is 10.2. The van der Waals surface area contributed by atoms with Crippen LogP contribution in [0.25, 0.3) is 0 Å². The first-order valence-electron chi connectivity index (χ1n) is 5.97. The summed E-state index contributed by atoms with van der Waals surface area (Å²) >= 11 is 0. The van der Waals surface area contributed by atoms with Crippen molar-refractivity contribution >= 4 is 21.7 Å². The van der Waals surface area contributed by atoms with Crippen LogP contribution in [0.15, 0.2) is 11.6 Å². The number of allylic oxidation sites excluding steroid dienone is 2. The SMILES string of the molecule is O=C(CC(=O)C1=CC2CCC1C2)NS(=O)(=O)C(F)(F)F. The second-order valence-corrected chi connectivity index (χ2v) is 6.64. The van der Waals surface area contributed by atoms with Crippen molar-refractivity contribution in [2.75, 3.05) is 0 Å². The molecule has 1 saturated carbocycles. The van der Waals surface area contributed by atoms with E-state index in [2.05, 4.69) is 0 Å². The molecule has 0 heterocycles. The summed E-state index contributed by atoms with van der Waals surface area (Å²) in [5.74, 6) is -1.72. The molecule has 2 rings (SSSR count). The Labute approximate surface area is 113 Å². The average molecular weight is 311 g/mol. The Morgan fingerprint density at radius 2 is 1.95 bits per heavy atom. The molecule has 2 aliphatic rings. The van der Waals surface area contributed by atoms with Gasteiger partial charge in [-0.05, 0) is 36.7 Å². The van der Waals surface area contributed by atoms with Crippen molar-refractivity contribution in [3.8, 4) is 0 Å². The Morgan fingerprint density at radius 3 is 2.40 bits per heavy atom. The van der Waals surface area contributed by atoms with Crippen molar-refractivity contribution in [1.29, 1.82) is 0 Å². The highest BCUT2D eigenvalue weighted by Gasteiger charge is 2.47. The predicted molar refractivity (Wildman–Crippen MR) is 61.7 cm³/mol. The minimum absolute atomic E-state index is 0.0551. The van der Waals surface area contributed by atoms with Crippen LogP contribution in [0, 0.1) is 11.8 Å². The number of sulfonamides is 1. The molecule has 2 atom stereocenters. The van der Waals surface area contributed by atoms with Gasteiger partial charge in [-0.15, -0.1) is 0 Å². The number of hydrogen-bond acceptors (Lipinski definition) is 4. The number of halogens is 3. The number of rotatable bonds is 4. The van der Waals surface area contributed by atoms with Gasteiger partial charge in [-0.3, -0.25) is 9.59 Å². The maximum Gasteiger partial charge on any atom is 0.516 e. The Balaban J connectivity index is 1.96. The maximum absolute atomic E-state index is 12.1. The molecule has 0 radical (unpaired) electrons. The summed E-state index contributed by atoms with van der Waals surface area (Å²) in [6.45, 7) is 0. The number of ketones is 1. The number of carbonyl (C=O) groups is 2. The zero-order valence-corrected chi connectivity index (χ0v) is 11.1. The summed E-state index contributed by atoms with van der Waals surface area (Å²) in [4.78, 5) is 23.0. The van der Waals surface area contributed by atoms with E-state index in [1.165, 1.54) is 0 Å². The summed E-state index contributed by atoms with van der Waals surface area (Å²) in [5, 5.41) is 0. The molecule has 1 N–H and O–H groups in total. The second-order valence-electron chi connectivity index (χ2n) is 4.97. The van der Waals surface area contributed by atoms with Crippen molar-refractivity contribution in [3.05, 3.63) is 11.6 Å². The van der Waals surface area contributed by atoms with Crippen molar-refractivity contribution in [3.63, 3.8) is 0 Å². The summed E-state index contributed by atoms with van der Waals surface area (Å²) in [7, 11) is -5.75. The molecule has 0 aromatic heterocycles. The number of hydrogen-bond donors (Lipinski definition) is 1. The van der Waals surface area contributed by atoms with Gasteiger partial charge in [-0.1, -0.05) is 6.08 Å². The molecule has 2 aliphatic carbocycles. The number of Topliss-reactive ketones (excluding diaryl/α,β-unsaturated/α-hetero) is 1. The molecule has 0 saturated heterocycles. The first-order chi connectivity index (χ1) is 9.10. The maximum atomic E-state index is 12.1. The topological polar surface area (TPSA) is 80.3 Å². The van der Waals surface area contributed by atoms with Gasteiger partial charge >= 0.3 is 15.5 Å². The third kappa shape index (κ3) is 2.87. The van der Waals surface area contributed by atoms with Gasteiger partial charge in [0.05, 0.1) is 6.42 Å². The highest BCUT2D eigenvalue weighted by molar-refractivity contribution is 7.90. The first-order valence-corrected chi connectivity index (χ1v) is 7.45. The standard InChI is InChI=1S/C11H12F3NO4S/c12-11(13,14)20(18,19)15-10(17)5-9(16)8-4-6-1-2-7(8)3-6/h4,6-7H,1-3,5H2,(H,15,17). The third-order valence-corrected chi connectivity index (χ3v) is 4.63. The molecule has 20 heavy (non-hydrogen) atoms. The van der Waals surface area contributed by atoms with Crippen molar-refractivity contribution < 1.29 is 31.2 Å². The van der Waals surface area contributed by atoms with Gasteiger partial charge in [0.25, 0.3) is 0 Å². The lowest BCUT2D eigenvalue weighted by molar-refractivity contribution is -0.126. The van der Waals surface area contributed by atoms with E-state index in [4.69, 9.17) is 0 Å². The fourth-order valence-corrected chi connectivity index (χ4v) is 3.14. The number of amides is 1. The van der Waals surface area contributed by atoms with E-state index in [1.807, 2.05) is 0 Å². The molecule has 0 spiro atoms. The molecule has 5 nitrogen and oxygen atoms in total. The fraction of sp³-hybridized carbons (Fsp3) is 0.636. The van der Waals surface area contributed by atoms with E-state index in [9.17, 15) is 31.2 Å². The van der Waals surface area contributed by atoms with E-state index >= 15 is 0 Å². The number of nitrogens with one attached hydrogen (secondary N) is 1. The molecular formula is C11H12F3NO4S. The Bertz CT molecular complexity index is 579. The lowest BCUT2D eigenvalue weighted by Crippen LogP contribution is -2.41. The lowest BCUT2D eigenvalue weighted by Gasteiger charge is -2.12. The molecule has 2 unspecified atom stereocenters. The average Bonchev–Trinajstić information content (AvgIpc) is 2.87. The van der Waals surface area contributed by atoms with Crippen LogP contribution in [0.4, 0.5) is 13.2 Å². The van der Waals surface area contributed by atoms with E-state index < -0.39 is 33.6 Å². The third-order valence-electron chi connectivity index (χ3n) is 3.52. The minimum atomic E-state index is -5.75. The minimum Gasteiger partial charge on any atom is -0.294 e. The fourth-order valence-electron chi connectivity index (χ4n) is 2.65. The van der Waals surface area contributed by atoms with E-state index in [0.29, 0.717) is 11.5 Å². The normalized spacial score (nSPS) is 25.4. The lowest BCUT2D eigenvalue weighted by atomic mass is 9.93. The first kappa shape index (κ1) is 15.0. The van der Waals surface area contributed by atoms with Crippen LogP contribution in [-0.2, 0) is 19.6 Å². The molecule has 9 heteroatoms. The van der Waals surface area contributed by atoms with E-state index in [-0.39, 0.29) is 5.92 Å². The highest BCUT2D eigenvalue weighted by Crippen LogP contribution is 2.44. The van der Waals surface area contributed by atoms with Gasteiger partial charge in [0.1, 0.15) is 0 Å². The van der Waals surface area contributed by atoms with Crippen LogP contribution in [0.1, 0.15) is 25.7 Å². The van der Waals surface area contributed by atoms with Crippen LogP contribution in [0.2, 0.25) is 0 Å². The summed E-state index contributed by atoms with van der Waals surface area (Å²) in [6.07, 6.45) is 3.47. The van der Waals surface area contributed by atoms with Gasteiger partial charge in [-0.25, -0.2) is 4.72 Å². The predicted octanol–water partition coefficient (Wildman–Crippen LogP) is 1.27. The molecular weight excluding hydrogens is 299 g/mol. The van der Waals surface area contributed by atoms with Crippen LogP contribution in [-0.4, -0.2) is 25.6 Å². The number of alkyl halides is 3. The number of fused-ring (bicyclic) bond motifs is 2. The summed E-state index contributed by atoms with van der Waals surface area (Å²) in [6, 6.07) is 0. The van der Waals surface area contributed by atoms with Gasteiger partial charge in [0.15, 0.2) is 5.78 Å². The second kappa shape index (κ2) is 4.87. The van der Waals surface area contributed by atoms with Crippen LogP contribution >= 0.6 is 0 Å². The van der Waals surface area contributed by atoms with Crippen molar-refractivity contribution in [2.45, 2.75) is 31.2 Å². The summed E-state index contributed by atoms with van der Waals surface area (Å²) < 4.78 is 58.4. The molecule has 1 fully saturated rings. The molecule has 1 amide bonds. The van der Waals surface area contributed by atoms with Gasteiger partial charge in [0, 0.05) is 0 Å². The Morgan fingerprint density at radius 1 is 1.30 bits per heavy atom. The molecule has 112 valence electrons. The molecule has 0 aliphatic heterocycles. The quantitative estimate of drug-likeness (QED) is 0.793. The van der Waals surface area contributed by atoms with Gasteiger partial charge in [-0.2, -0.15) is 21.6 Å². The van der Waals surface area contributed by atoms with Gasteiger partial charge < -0.3 is 0 Å². The molecule has 0 aromatic carbocycles. The van der Waals surface area contributed by atoms with Crippen molar-refractivity contribution in [1.82, 2.24) is 4.72 Å². The van der Waals surface area contributed by atoms with Gasteiger partial charge in [0.2, 0.25) is 5.91 Å². The molecule has 0 aromatic rings. The van der Waals surface area contributed by atoms with Crippen molar-refractivity contribution in [2.24, 2.45) is 11.8 Å². The Hall–Kier alpha value is -1.38. The largest absolute Gasteiger partial charge is 0.516 e. The highest BCUT2D eigenvalue weighted by atomic mass is 32.2. The monoisotopic (exact) mass is 311 g/mol. The van der Waals surface area contributed by atoms with Crippen LogP contribution in [0.5, 0.6) is 0 Å². The Kier molecular flexibility index (Phi) is 3.66. The smallest absolute Gasteiger partial charge is 0.294 e. The van der Waals surface area contributed by atoms with E-state index in [1.54, 1.807) is 6.08 Å². The molecule has 2 bridgehead atoms. The summed E-state index contributed by atoms with van der Waals surface area (Å²) in [5.41, 5.74) is -5.13. The van der Waals surface area contributed by atoms with Crippen LogP contribution < -0.4 is 4.72 Å². The number of carbonyl (C=O) groups excluding carboxylic acids is 2.